The molecular weight excluding hydrogens is 484 g/mol. The highest BCUT2D eigenvalue weighted by molar-refractivity contribution is 5.91. The maximum absolute atomic E-state index is 13.4. The van der Waals surface area contributed by atoms with Gasteiger partial charge in [-0.05, 0) is 111 Å². The van der Waals surface area contributed by atoms with Crippen LogP contribution in [0.5, 0.6) is 0 Å². The van der Waals surface area contributed by atoms with Crippen molar-refractivity contribution in [2.45, 2.75) is 130 Å². The molecule has 0 spiro atoms. The van der Waals surface area contributed by atoms with Gasteiger partial charge in [0.25, 0.3) is 0 Å². The molecule has 0 aromatic rings. The first-order valence-electron chi connectivity index (χ1n) is 14.7. The van der Waals surface area contributed by atoms with E-state index in [0.29, 0.717) is 37.2 Å². The number of hydrogen-bond acceptors (Lipinski definition) is 7. The molecule has 4 saturated carbocycles. The Morgan fingerprint density at radius 1 is 1.05 bits per heavy atom. The molecule has 7 heteroatoms. The minimum absolute atomic E-state index is 0.0603. The monoisotopic (exact) mass is 532 g/mol. The Bertz CT molecular complexity index is 1030. The molecule has 3 N–H and O–H groups in total. The van der Waals surface area contributed by atoms with E-state index in [1.54, 1.807) is 13.8 Å². The van der Waals surface area contributed by atoms with Crippen LogP contribution in [0.1, 0.15) is 99.8 Å². The number of ether oxygens (including phenoxy) is 2. The normalized spacial score (nSPS) is 50.9. The Kier molecular flexibility index (Phi) is 6.68. The second-order valence-electron chi connectivity index (χ2n) is 14.6. The predicted octanol–water partition coefficient (Wildman–Crippen LogP) is 4.31. The highest BCUT2D eigenvalue weighted by atomic mass is 16.6. The van der Waals surface area contributed by atoms with Gasteiger partial charge in [0, 0.05) is 12.5 Å². The molecule has 7 nitrogen and oxygen atoms in total. The van der Waals surface area contributed by atoms with Gasteiger partial charge in [0.15, 0.2) is 0 Å². The molecule has 214 valence electrons. The zero-order valence-electron chi connectivity index (χ0n) is 24.3. The largest absolute Gasteiger partial charge is 0.458 e. The summed E-state index contributed by atoms with van der Waals surface area (Å²) in [5.74, 6) is -0.294. The fraction of sp³-hybridized carbons (Fsp3) is 0.871. The van der Waals surface area contributed by atoms with Gasteiger partial charge in [0.1, 0.15) is 12.2 Å². The van der Waals surface area contributed by atoms with Crippen LogP contribution in [0.25, 0.3) is 0 Å². The Balaban J connectivity index is 1.57. The molecule has 0 radical (unpaired) electrons. The van der Waals surface area contributed by atoms with Gasteiger partial charge >= 0.3 is 11.9 Å². The molecule has 38 heavy (non-hydrogen) atoms. The number of carbonyl (C=O) groups is 2. The van der Waals surface area contributed by atoms with Gasteiger partial charge in [-0.3, -0.25) is 4.79 Å². The van der Waals surface area contributed by atoms with Gasteiger partial charge in [0.2, 0.25) is 0 Å². The lowest BCUT2D eigenvalue weighted by atomic mass is 9.36. The highest BCUT2D eigenvalue weighted by Gasteiger charge is 2.71. The van der Waals surface area contributed by atoms with E-state index >= 15 is 0 Å². The smallest absolute Gasteiger partial charge is 0.334 e. The lowest BCUT2D eigenvalue weighted by Crippen LogP contribution is -2.65. The fourth-order valence-corrected chi connectivity index (χ4v) is 10.3. The van der Waals surface area contributed by atoms with Crippen molar-refractivity contribution >= 4 is 11.9 Å². The second kappa shape index (κ2) is 9.04. The van der Waals surface area contributed by atoms with Crippen LogP contribution in [0, 0.1) is 39.9 Å². The summed E-state index contributed by atoms with van der Waals surface area (Å²) in [6.07, 6.45) is 3.74. The summed E-state index contributed by atoms with van der Waals surface area (Å²) >= 11 is 0. The molecule has 4 aliphatic carbocycles. The van der Waals surface area contributed by atoms with Crippen molar-refractivity contribution in [1.82, 2.24) is 0 Å². The zero-order chi connectivity index (χ0) is 28.0. The van der Waals surface area contributed by atoms with Crippen LogP contribution < -0.4 is 0 Å². The van der Waals surface area contributed by atoms with Crippen molar-refractivity contribution in [3.8, 4) is 0 Å². The number of cyclic esters (lactones) is 1. The van der Waals surface area contributed by atoms with E-state index in [1.165, 1.54) is 6.92 Å². The van der Waals surface area contributed by atoms with E-state index in [4.69, 9.17) is 9.47 Å². The Labute approximate surface area is 227 Å². The van der Waals surface area contributed by atoms with Gasteiger partial charge in [-0.2, -0.15) is 0 Å². The van der Waals surface area contributed by atoms with E-state index in [1.807, 2.05) is 0 Å². The summed E-state index contributed by atoms with van der Waals surface area (Å²) in [4.78, 5) is 25.6. The molecule has 1 saturated heterocycles. The number of fused-ring (bicyclic) bond motifs is 5. The van der Waals surface area contributed by atoms with Gasteiger partial charge in [-0.1, -0.05) is 27.7 Å². The quantitative estimate of drug-likeness (QED) is 0.359. The summed E-state index contributed by atoms with van der Waals surface area (Å²) in [6, 6.07) is 0. The third-order valence-electron chi connectivity index (χ3n) is 12.3. The molecule has 5 aliphatic rings. The summed E-state index contributed by atoms with van der Waals surface area (Å²) < 4.78 is 11.7. The van der Waals surface area contributed by atoms with Crippen molar-refractivity contribution in [3.05, 3.63) is 11.1 Å². The average molecular weight is 533 g/mol. The van der Waals surface area contributed by atoms with Gasteiger partial charge in [0.05, 0.1) is 17.8 Å². The molecule has 0 aromatic carbocycles. The van der Waals surface area contributed by atoms with Gasteiger partial charge < -0.3 is 24.8 Å². The van der Waals surface area contributed by atoms with Crippen LogP contribution in [-0.2, 0) is 19.1 Å². The maximum atomic E-state index is 13.4. The number of aliphatic hydroxyl groups is 3. The molecule has 5 rings (SSSR count). The van der Waals surface area contributed by atoms with E-state index < -0.39 is 29.9 Å². The number of esters is 2. The first-order valence-corrected chi connectivity index (χ1v) is 14.7. The molecule has 1 aliphatic heterocycles. The van der Waals surface area contributed by atoms with Crippen molar-refractivity contribution in [2.75, 3.05) is 0 Å². The summed E-state index contributed by atoms with van der Waals surface area (Å²) in [5, 5.41) is 33.1. The number of carbonyl (C=O) groups excluding carboxylic acids is 2. The zero-order valence-corrected chi connectivity index (χ0v) is 24.3. The Morgan fingerprint density at radius 2 is 1.74 bits per heavy atom. The third-order valence-corrected chi connectivity index (χ3v) is 12.3. The van der Waals surface area contributed by atoms with Gasteiger partial charge in [-0.25, -0.2) is 4.79 Å². The third kappa shape index (κ3) is 3.93. The lowest BCUT2D eigenvalue weighted by molar-refractivity contribution is -0.234. The summed E-state index contributed by atoms with van der Waals surface area (Å²) in [5.41, 5.74) is -0.326. The first-order chi connectivity index (χ1) is 17.5. The fourth-order valence-electron chi connectivity index (χ4n) is 10.3. The lowest BCUT2D eigenvalue weighted by Gasteiger charge is -2.69. The topological polar surface area (TPSA) is 113 Å². The number of rotatable bonds is 2. The van der Waals surface area contributed by atoms with E-state index in [9.17, 15) is 24.9 Å². The molecule has 0 bridgehead atoms. The SMILES string of the molecule is CC(=O)O[C@H]1C[C@@]2(C)[C@@H](C[C@@H](O)[C@H]3[C@@]4(C)CC[C@@H](O)[C@@H](C)[C@@H]4CC[C@@]32C)/C1=C1\CC[C@H](C(C)(C)O)OC1=O. The van der Waals surface area contributed by atoms with Crippen LogP contribution in [0.3, 0.4) is 0 Å². The Morgan fingerprint density at radius 3 is 2.34 bits per heavy atom. The van der Waals surface area contributed by atoms with Crippen molar-refractivity contribution in [2.24, 2.45) is 39.9 Å². The van der Waals surface area contributed by atoms with Crippen LogP contribution in [0.15, 0.2) is 11.1 Å². The van der Waals surface area contributed by atoms with Crippen LogP contribution in [0.4, 0.5) is 0 Å². The molecule has 1 heterocycles. The summed E-state index contributed by atoms with van der Waals surface area (Å²) in [6.45, 7) is 13.8. The average Bonchev–Trinajstić information content (AvgIpc) is 3.07. The predicted molar refractivity (Wildman–Crippen MR) is 142 cm³/mol. The minimum atomic E-state index is -1.13. The van der Waals surface area contributed by atoms with Crippen LogP contribution >= 0.6 is 0 Å². The van der Waals surface area contributed by atoms with Crippen LogP contribution in [0.2, 0.25) is 0 Å². The highest BCUT2D eigenvalue weighted by Crippen LogP contribution is 2.74. The number of hydrogen-bond donors (Lipinski definition) is 3. The first kappa shape index (κ1) is 28.1. The standard InChI is InChI=1S/C31H48O7/c1-16-19-10-13-30(6)26(29(19,5)12-11-21(16)33)22(34)14-20-25(23(37-17(2)32)15-31(20,30)7)18-8-9-24(28(3,4)36)38-27(18)35/h16,19-24,26,33-34,36H,8-15H2,1-7H3/b25-18-/t16-,19-,20-,21+,22+,23-,24+,26-,29-,30-,31-/m0/s1. The number of aliphatic hydroxyl groups excluding tert-OH is 2. The molecule has 5 fully saturated rings. The second-order valence-corrected chi connectivity index (χ2v) is 14.6. The van der Waals surface area contributed by atoms with E-state index in [2.05, 4.69) is 27.7 Å². The molecule has 0 amide bonds. The molecule has 0 unspecified atom stereocenters. The van der Waals surface area contributed by atoms with Crippen molar-refractivity contribution < 1.29 is 34.4 Å². The Hall–Kier alpha value is -1.44. The van der Waals surface area contributed by atoms with E-state index in [-0.39, 0.29) is 46.1 Å². The van der Waals surface area contributed by atoms with E-state index in [0.717, 1.165) is 31.3 Å². The molecular formula is C31H48O7. The summed E-state index contributed by atoms with van der Waals surface area (Å²) in [7, 11) is 0. The van der Waals surface area contributed by atoms with Crippen molar-refractivity contribution in [1.29, 1.82) is 0 Å². The molecule has 0 aromatic heterocycles. The van der Waals surface area contributed by atoms with Crippen LogP contribution in [-0.4, -0.2) is 57.3 Å². The maximum Gasteiger partial charge on any atom is 0.334 e. The van der Waals surface area contributed by atoms with Gasteiger partial charge in [-0.15, -0.1) is 0 Å². The minimum Gasteiger partial charge on any atom is -0.458 e. The molecule has 11 atom stereocenters. The van der Waals surface area contributed by atoms with Crippen molar-refractivity contribution in [3.63, 3.8) is 0 Å².